The summed E-state index contributed by atoms with van der Waals surface area (Å²) >= 11 is 0. The van der Waals surface area contributed by atoms with E-state index in [1.165, 1.54) is 12.0 Å². The molecule has 0 radical (unpaired) electrons. The summed E-state index contributed by atoms with van der Waals surface area (Å²) < 4.78 is 10.2. The summed E-state index contributed by atoms with van der Waals surface area (Å²) in [5.74, 6) is -0.446. The molecule has 0 unspecified atom stereocenters. The summed E-state index contributed by atoms with van der Waals surface area (Å²) in [6, 6.07) is 16.2. The number of rotatable bonds is 3. The molecule has 2 aromatic rings. The van der Waals surface area contributed by atoms with Crippen molar-refractivity contribution >= 4 is 17.7 Å². The van der Waals surface area contributed by atoms with Crippen LogP contribution in [0, 0.1) is 0 Å². The molecule has 118 valence electrons. The molecule has 0 aromatic heterocycles. The van der Waals surface area contributed by atoms with Crippen LogP contribution in [-0.2, 0) is 27.3 Å². The predicted molar refractivity (Wildman–Crippen MR) is 85.1 cm³/mol. The highest BCUT2D eigenvalue weighted by Crippen LogP contribution is 2.33. The van der Waals surface area contributed by atoms with Gasteiger partial charge < -0.3 is 9.47 Å². The number of hydrogen-bond donors (Lipinski definition) is 0. The van der Waals surface area contributed by atoms with Crippen molar-refractivity contribution in [3.05, 3.63) is 65.7 Å². The van der Waals surface area contributed by atoms with Crippen molar-refractivity contribution in [3.8, 4) is 0 Å². The second-order valence-corrected chi connectivity index (χ2v) is 5.28. The largest absolute Gasteiger partial charge is 0.467 e. The lowest BCUT2D eigenvalue weighted by Crippen LogP contribution is -2.43. The summed E-state index contributed by atoms with van der Waals surface area (Å²) in [7, 11) is 1.32. The summed E-state index contributed by atoms with van der Waals surface area (Å²) in [6.45, 7) is 0.159. The molecule has 1 heterocycles. The van der Waals surface area contributed by atoms with Gasteiger partial charge in [0.05, 0.1) is 12.8 Å². The Morgan fingerprint density at radius 2 is 1.78 bits per heavy atom. The van der Waals surface area contributed by atoms with Crippen LogP contribution in [0.15, 0.2) is 54.6 Å². The molecule has 0 bridgehead atoms. The van der Waals surface area contributed by atoms with Crippen LogP contribution in [0.3, 0.4) is 0 Å². The van der Waals surface area contributed by atoms with Gasteiger partial charge in [0, 0.05) is 6.42 Å². The Morgan fingerprint density at radius 1 is 1.09 bits per heavy atom. The molecule has 0 fully saturated rings. The number of ether oxygens (including phenoxy) is 2. The monoisotopic (exact) mass is 311 g/mol. The van der Waals surface area contributed by atoms with Gasteiger partial charge in [-0.2, -0.15) is 0 Å². The van der Waals surface area contributed by atoms with E-state index in [-0.39, 0.29) is 6.61 Å². The zero-order valence-electron chi connectivity index (χ0n) is 12.8. The first kappa shape index (κ1) is 15.1. The van der Waals surface area contributed by atoms with Crippen LogP contribution in [0.1, 0.15) is 11.1 Å². The van der Waals surface area contributed by atoms with Gasteiger partial charge in [-0.1, -0.05) is 48.5 Å². The van der Waals surface area contributed by atoms with Crippen molar-refractivity contribution < 1.29 is 19.1 Å². The van der Waals surface area contributed by atoms with Crippen molar-refractivity contribution in [1.29, 1.82) is 0 Å². The summed E-state index contributed by atoms with van der Waals surface area (Å²) in [6.07, 6.45) is -0.113. The number of benzene rings is 2. The number of amides is 1. The lowest BCUT2D eigenvalue weighted by molar-refractivity contribution is -0.142. The molecule has 2 aromatic carbocycles. The molecule has 1 atom stereocenters. The molecule has 0 saturated carbocycles. The molecular weight excluding hydrogens is 294 g/mol. The van der Waals surface area contributed by atoms with Gasteiger partial charge in [-0.25, -0.2) is 9.59 Å². The average molecular weight is 311 g/mol. The SMILES string of the molecule is COC(=O)[C@@H]1Cc2ccccc2N1C(=O)OCc1ccccc1. The molecular formula is C18H17NO4. The molecule has 0 saturated heterocycles. The second-order valence-electron chi connectivity index (χ2n) is 5.28. The molecule has 0 aliphatic carbocycles. The van der Waals surface area contributed by atoms with E-state index >= 15 is 0 Å². The van der Waals surface area contributed by atoms with Gasteiger partial charge in [-0.05, 0) is 17.2 Å². The first-order chi connectivity index (χ1) is 11.2. The number of fused-ring (bicyclic) bond motifs is 1. The fourth-order valence-corrected chi connectivity index (χ4v) is 2.73. The first-order valence-electron chi connectivity index (χ1n) is 7.36. The van der Waals surface area contributed by atoms with Crippen LogP contribution in [0.4, 0.5) is 10.5 Å². The third-order valence-corrected chi connectivity index (χ3v) is 3.85. The minimum Gasteiger partial charge on any atom is -0.467 e. The van der Waals surface area contributed by atoms with E-state index in [9.17, 15) is 9.59 Å². The normalized spacial score (nSPS) is 15.9. The third-order valence-electron chi connectivity index (χ3n) is 3.85. The van der Waals surface area contributed by atoms with E-state index < -0.39 is 18.1 Å². The highest BCUT2D eigenvalue weighted by atomic mass is 16.6. The average Bonchev–Trinajstić information content (AvgIpc) is 2.99. The van der Waals surface area contributed by atoms with Gasteiger partial charge in [-0.15, -0.1) is 0 Å². The standard InChI is InChI=1S/C18H17NO4/c1-22-17(20)16-11-14-9-5-6-10-15(14)19(16)18(21)23-12-13-7-3-2-4-8-13/h2-10,16H,11-12H2,1H3/t16-/m0/s1. The van der Waals surface area contributed by atoms with Crippen LogP contribution in [0.25, 0.3) is 0 Å². The maximum absolute atomic E-state index is 12.5. The van der Waals surface area contributed by atoms with E-state index in [1.807, 2.05) is 54.6 Å². The van der Waals surface area contributed by atoms with E-state index in [4.69, 9.17) is 9.47 Å². The highest BCUT2D eigenvalue weighted by Gasteiger charge is 2.39. The molecule has 1 aliphatic rings. The van der Waals surface area contributed by atoms with E-state index in [0.717, 1.165) is 11.1 Å². The van der Waals surface area contributed by atoms with Crippen molar-refractivity contribution in [2.24, 2.45) is 0 Å². The van der Waals surface area contributed by atoms with Gasteiger partial charge in [0.1, 0.15) is 12.6 Å². The zero-order chi connectivity index (χ0) is 16.2. The van der Waals surface area contributed by atoms with Gasteiger partial charge >= 0.3 is 12.1 Å². The Morgan fingerprint density at radius 3 is 2.52 bits per heavy atom. The Bertz CT molecular complexity index is 714. The van der Waals surface area contributed by atoms with Gasteiger partial charge in [0.25, 0.3) is 0 Å². The number of hydrogen-bond acceptors (Lipinski definition) is 4. The van der Waals surface area contributed by atoms with Gasteiger partial charge in [0.15, 0.2) is 0 Å². The lowest BCUT2D eigenvalue weighted by atomic mass is 10.1. The van der Waals surface area contributed by atoms with Crippen LogP contribution in [0.2, 0.25) is 0 Å². The van der Waals surface area contributed by atoms with Gasteiger partial charge in [-0.3, -0.25) is 4.90 Å². The van der Waals surface area contributed by atoms with Gasteiger partial charge in [0.2, 0.25) is 0 Å². The first-order valence-corrected chi connectivity index (χ1v) is 7.36. The maximum Gasteiger partial charge on any atom is 0.415 e. The van der Waals surface area contributed by atoms with Crippen molar-refractivity contribution in [2.45, 2.75) is 19.1 Å². The van der Waals surface area contributed by atoms with Crippen LogP contribution >= 0.6 is 0 Å². The number of nitrogens with zero attached hydrogens (tertiary/aromatic N) is 1. The number of esters is 1. The minimum absolute atomic E-state index is 0.159. The fourth-order valence-electron chi connectivity index (χ4n) is 2.73. The highest BCUT2D eigenvalue weighted by molar-refractivity contribution is 5.98. The molecule has 0 spiro atoms. The topological polar surface area (TPSA) is 55.8 Å². The van der Waals surface area contributed by atoms with Crippen LogP contribution in [0.5, 0.6) is 0 Å². The summed E-state index contributed by atoms with van der Waals surface area (Å²) in [5, 5.41) is 0. The number of para-hydroxylation sites is 1. The fraction of sp³-hybridized carbons (Fsp3) is 0.222. The summed E-state index contributed by atoms with van der Waals surface area (Å²) in [5.41, 5.74) is 2.52. The van der Waals surface area contributed by atoms with E-state index in [0.29, 0.717) is 12.1 Å². The Kier molecular flexibility index (Phi) is 4.28. The molecule has 23 heavy (non-hydrogen) atoms. The maximum atomic E-state index is 12.5. The molecule has 5 nitrogen and oxygen atoms in total. The van der Waals surface area contributed by atoms with Crippen molar-refractivity contribution in [3.63, 3.8) is 0 Å². The smallest absolute Gasteiger partial charge is 0.415 e. The molecule has 1 aliphatic heterocycles. The Balaban J connectivity index is 1.79. The minimum atomic E-state index is -0.680. The number of carbonyl (C=O) groups is 2. The molecule has 0 N–H and O–H groups in total. The van der Waals surface area contributed by atoms with E-state index in [2.05, 4.69) is 0 Å². The quantitative estimate of drug-likeness (QED) is 0.818. The Hall–Kier alpha value is -2.82. The van der Waals surface area contributed by atoms with Crippen molar-refractivity contribution in [1.82, 2.24) is 0 Å². The van der Waals surface area contributed by atoms with Crippen LogP contribution < -0.4 is 4.90 Å². The third kappa shape index (κ3) is 3.04. The molecule has 1 amide bonds. The van der Waals surface area contributed by atoms with E-state index in [1.54, 1.807) is 0 Å². The lowest BCUT2D eigenvalue weighted by Gasteiger charge is -2.23. The second kappa shape index (κ2) is 6.52. The molecule has 3 rings (SSSR count). The number of methoxy groups -OCH3 is 1. The predicted octanol–water partition coefficient (Wildman–Crippen LogP) is 2.93. The number of anilines is 1. The van der Waals surface area contributed by atoms with Crippen molar-refractivity contribution in [2.75, 3.05) is 12.0 Å². The Labute approximate surface area is 134 Å². The zero-order valence-corrected chi connectivity index (χ0v) is 12.8. The summed E-state index contributed by atoms with van der Waals surface area (Å²) in [4.78, 5) is 25.9. The van der Waals surface area contributed by atoms with Crippen LogP contribution in [-0.4, -0.2) is 25.2 Å². The number of carbonyl (C=O) groups excluding carboxylic acids is 2. The molecule has 5 heteroatoms.